The van der Waals surface area contributed by atoms with Gasteiger partial charge in [-0.2, -0.15) is 5.10 Å². The number of hydrogen-bond donors (Lipinski definition) is 0. The molecule has 4 aromatic rings. The highest BCUT2D eigenvalue weighted by atomic mass is 35.5. The highest BCUT2D eigenvalue weighted by Crippen LogP contribution is 2.34. The number of fused-ring (bicyclic) bond motifs is 1. The maximum atomic E-state index is 11.9. The summed E-state index contributed by atoms with van der Waals surface area (Å²) in [6.45, 7) is 7.60. The summed E-state index contributed by atoms with van der Waals surface area (Å²) in [5, 5.41) is 5.47. The monoisotopic (exact) mass is 475 g/mol. The van der Waals surface area contributed by atoms with Gasteiger partial charge >= 0.3 is 5.97 Å². The number of nitrogens with zero attached hydrogens (tertiary/aromatic N) is 5. The molecule has 174 valence electrons. The van der Waals surface area contributed by atoms with Gasteiger partial charge in [0.25, 0.3) is 0 Å². The lowest BCUT2D eigenvalue weighted by molar-refractivity contribution is 0.0526. The van der Waals surface area contributed by atoms with Crippen LogP contribution in [-0.2, 0) is 4.74 Å². The van der Waals surface area contributed by atoms with E-state index in [-0.39, 0.29) is 5.97 Å². The normalized spacial score (nSPS) is 14.0. The first kappa shape index (κ1) is 22.2. The molecule has 0 unspecified atom stereocenters. The van der Waals surface area contributed by atoms with Crippen molar-refractivity contribution in [2.75, 3.05) is 42.6 Å². The molecule has 0 aliphatic carbocycles. The molecule has 1 saturated heterocycles. The quantitative estimate of drug-likeness (QED) is 0.384. The van der Waals surface area contributed by atoms with Crippen LogP contribution in [-0.4, -0.2) is 53.4 Å². The number of aryl methyl sites for hydroxylation is 1. The smallest absolute Gasteiger partial charge is 0.339 e. The molecule has 3 aromatic heterocycles. The van der Waals surface area contributed by atoms with Gasteiger partial charge in [-0.05, 0) is 56.3 Å². The first-order valence-corrected chi connectivity index (χ1v) is 11.8. The van der Waals surface area contributed by atoms with E-state index in [2.05, 4.69) is 39.9 Å². The van der Waals surface area contributed by atoms with E-state index in [1.54, 1.807) is 19.2 Å². The van der Waals surface area contributed by atoms with Crippen molar-refractivity contribution >= 4 is 34.6 Å². The standard InChI is InChI=1S/C26H26ClN5O2/c1-3-34-26(33)19-7-10-24(28-17-19)31-14-12-30(13-15-31)20-8-9-22(27)21(16-20)25-18(2)23-6-4-5-11-32(23)29-25/h4-11,16-17H,3,12-15H2,1-2H3. The minimum Gasteiger partial charge on any atom is -0.462 e. The molecule has 4 heterocycles. The Morgan fingerprint density at radius 1 is 1.06 bits per heavy atom. The second-order valence-corrected chi connectivity index (χ2v) is 8.68. The lowest BCUT2D eigenvalue weighted by Gasteiger charge is -2.37. The van der Waals surface area contributed by atoms with Crippen LogP contribution in [0.25, 0.3) is 16.8 Å². The number of ether oxygens (including phenoxy) is 1. The summed E-state index contributed by atoms with van der Waals surface area (Å²) in [6.07, 6.45) is 3.54. The Morgan fingerprint density at radius 3 is 2.56 bits per heavy atom. The predicted octanol–water partition coefficient (Wildman–Crippen LogP) is 4.86. The van der Waals surface area contributed by atoms with E-state index < -0.39 is 0 Å². The van der Waals surface area contributed by atoms with Crippen LogP contribution in [0.15, 0.2) is 60.9 Å². The molecule has 1 fully saturated rings. The van der Waals surface area contributed by atoms with E-state index in [1.165, 1.54) is 0 Å². The number of carbonyl (C=O) groups excluding carboxylic acids is 1. The molecule has 0 spiro atoms. The number of aromatic nitrogens is 3. The van der Waals surface area contributed by atoms with Gasteiger partial charge in [-0.3, -0.25) is 0 Å². The van der Waals surface area contributed by atoms with Crippen LogP contribution in [0.2, 0.25) is 5.02 Å². The number of pyridine rings is 2. The van der Waals surface area contributed by atoms with Gasteiger partial charge in [0.15, 0.2) is 0 Å². The van der Waals surface area contributed by atoms with Crippen molar-refractivity contribution < 1.29 is 9.53 Å². The maximum Gasteiger partial charge on any atom is 0.339 e. The van der Waals surface area contributed by atoms with Crippen molar-refractivity contribution in [3.8, 4) is 11.3 Å². The van der Waals surface area contributed by atoms with Crippen LogP contribution in [0.4, 0.5) is 11.5 Å². The third-order valence-electron chi connectivity index (χ3n) is 6.22. The number of halogens is 1. The van der Waals surface area contributed by atoms with Crippen LogP contribution in [0, 0.1) is 6.92 Å². The third kappa shape index (κ3) is 4.19. The van der Waals surface area contributed by atoms with Gasteiger partial charge in [0, 0.05) is 55.4 Å². The first-order valence-electron chi connectivity index (χ1n) is 11.4. The number of anilines is 2. The van der Waals surface area contributed by atoms with E-state index in [0.717, 1.165) is 60.0 Å². The summed E-state index contributed by atoms with van der Waals surface area (Å²) in [4.78, 5) is 20.9. The minimum atomic E-state index is -0.342. The molecule has 0 atom stereocenters. The van der Waals surface area contributed by atoms with Gasteiger partial charge < -0.3 is 14.5 Å². The highest BCUT2D eigenvalue weighted by molar-refractivity contribution is 6.33. The Hall–Kier alpha value is -3.58. The molecule has 1 aliphatic rings. The summed E-state index contributed by atoms with van der Waals surface area (Å²) >= 11 is 6.61. The lowest BCUT2D eigenvalue weighted by Crippen LogP contribution is -2.46. The second kappa shape index (κ2) is 9.35. The van der Waals surface area contributed by atoms with E-state index >= 15 is 0 Å². The average molecular weight is 476 g/mol. The lowest BCUT2D eigenvalue weighted by atomic mass is 10.1. The van der Waals surface area contributed by atoms with Crippen molar-refractivity contribution in [3.63, 3.8) is 0 Å². The number of piperazine rings is 1. The second-order valence-electron chi connectivity index (χ2n) is 8.27. The number of carbonyl (C=O) groups is 1. The van der Waals surface area contributed by atoms with Crippen molar-refractivity contribution in [1.82, 2.24) is 14.6 Å². The van der Waals surface area contributed by atoms with E-state index in [4.69, 9.17) is 21.4 Å². The summed E-state index contributed by atoms with van der Waals surface area (Å²) in [6, 6.07) is 15.9. The molecule has 0 bridgehead atoms. The molecular formula is C26H26ClN5O2. The van der Waals surface area contributed by atoms with E-state index in [9.17, 15) is 4.79 Å². The molecule has 5 rings (SSSR count). The Balaban J connectivity index is 1.32. The molecule has 1 aliphatic heterocycles. The Morgan fingerprint density at radius 2 is 1.85 bits per heavy atom. The molecule has 1 aromatic carbocycles. The molecule has 34 heavy (non-hydrogen) atoms. The van der Waals surface area contributed by atoms with Crippen LogP contribution in [0.5, 0.6) is 0 Å². The highest BCUT2D eigenvalue weighted by Gasteiger charge is 2.21. The van der Waals surface area contributed by atoms with Gasteiger partial charge in [0.05, 0.1) is 28.4 Å². The largest absolute Gasteiger partial charge is 0.462 e. The van der Waals surface area contributed by atoms with E-state index in [1.807, 2.05) is 35.0 Å². The van der Waals surface area contributed by atoms with E-state index in [0.29, 0.717) is 17.2 Å². The van der Waals surface area contributed by atoms with Crippen molar-refractivity contribution in [2.45, 2.75) is 13.8 Å². The van der Waals surface area contributed by atoms with Gasteiger partial charge in [-0.25, -0.2) is 14.3 Å². The first-order chi connectivity index (χ1) is 16.5. The summed E-state index contributed by atoms with van der Waals surface area (Å²) in [5.41, 5.74) is 5.64. The topological polar surface area (TPSA) is 63.0 Å². The minimum absolute atomic E-state index is 0.342. The van der Waals surface area contributed by atoms with Gasteiger partial charge in [0.2, 0.25) is 0 Å². The Labute approximate surface area is 203 Å². The van der Waals surface area contributed by atoms with Crippen molar-refractivity contribution in [2.24, 2.45) is 0 Å². The summed E-state index contributed by atoms with van der Waals surface area (Å²) in [7, 11) is 0. The number of hydrogen-bond acceptors (Lipinski definition) is 6. The fraction of sp³-hybridized carbons (Fsp3) is 0.269. The SMILES string of the molecule is CCOC(=O)c1ccc(N2CCN(c3ccc(Cl)c(-c4nn5ccccc5c4C)c3)CC2)nc1. The fourth-order valence-corrected chi connectivity index (χ4v) is 4.58. The fourth-order valence-electron chi connectivity index (χ4n) is 4.37. The molecule has 0 amide bonds. The maximum absolute atomic E-state index is 11.9. The zero-order valence-corrected chi connectivity index (χ0v) is 20.0. The number of rotatable bonds is 5. The van der Waals surface area contributed by atoms with Gasteiger partial charge in [-0.15, -0.1) is 0 Å². The predicted molar refractivity (Wildman–Crippen MR) is 135 cm³/mol. The average Bonchev–Trinajstić information content (AvgIpc) is 3.21. The molecule has 7 nitrogen and oxygen atoms in total. The van der Waals surface area contributed by atoms with Crippen LogP contribution < -0.4 is 9.80 Å². The molecule has 8 heteroatoms. The molecule has 0 saturated carbocycles. The van der Waals surface area contributed by atoms with Crippen molar-refractivity contribution in [3.05, 3.63) is 77.1 Å². The Kier molecular flexibility index (Phi) is 6.11. The number of benzene rings is 1. The van der Waals surface area contributed by atoms with Crippen LogP contribution >= 0.6 is 11.6 Å². The van der Waals surface area contributed by atoms with Crippen LogP contribution in [0.1, 0.15) is 22.8 Å². The summed E-state index contributed by atoms with van der Waals surface area (Å²) < 4.78 is 6.93. The summed E-state index contributed by atoms with van der Waals surface area (Å²) in [5.74, 6) is 0.524. The third-order valence-corrected chi connectivity index (χ3v) is 6.55. The molecule has 0 N–H and O–H groups in total. The Bertz CT molecular complexity index is 1330. The van der Waals surface area contributed by atoms with Gasteiger partial charge in [-0.1, -0.05) is 17.7 Å². The zero-order valence-electron chi connectivity index (χ0n) is 19.2. The zero-order chi connectivity index (χ0) is 23.7. The number of esters is 1. The molecule has 0 radical (unpaired) electrons. The van der Waals surface area contributed by atoms with Gasteiger partial charge in [0.1, 0.15) is 5.82 Å². The molecular weight excluding hydrogens is 450 g/mol. The van der Waals surface area contributed by atoms with Crippen molar-refractivity contribution in [1.29, 1.82) is 0 Å². The van der Waals surface area contributed by atoms with Crippen LogP contribution in [0.3, 0.4) is 0 Å².